The molecular weight excluding hydrogens is 254 g/mol. The number of aromatic nitrogens is 4. The van der Waals surface area contributed by atoms with Crippen molar-refractivity contribution in [3.63, 3.8) is 0 Å². The topological polar surface area (TPSA) is 56.9 Å². The standard InChI is InChI=1S/C11H17N5O.ClH/c1-4-16-7-9(6-13-16)5-12-10-8-15(2)14-11(10)17-3;/h6-8,12H,4-5H2,1-3H3;1H. The van der Waals surface area contributed by atoms with Gasteiger partial charge in [-0.05, 0) is 6.92 Å². The van der Waals surface area contributed by atoms with Crippen molar-refractivity contribution in [2.24, 2.45) is 7.05 Å². The molecule has 0 aliphatic heterocycles. The van der Waals surface area contributed by atoms with E-state index in [1.54, 1.807) is 11.8 Å². The summed E-state index contributed by atoms with van der Waals surface area (Å²) in [7, 11) is 3.48. The molecule has 2 aromatic heterocycles. The van der Waals surface area contributed by atoms with E-state index in [2.05, 4.69) is 22.4 Å². The molecule has 2 heterocycles. The minimum atomic E-state index is 0. The first-order chi connectivity index (χ1) is 8.22. The highest BCUT2D eigenvalue weighted by Crippen LogP contribution is 2.21. The smallest absolute Gasteiger partial charge is 0.256 e. The molecule has 0 radical (unpaired) electrons. The van der Waals surface area contributed by atoms with Crippen LogP contribution in [0, 0.1) is 0 Å². The molecule has 1 N–H and O–H groups in total. The fraction of sp³-hybridized carbons (Fsp3) is 0.455. The maximum absolute atomic E-state index is 5.17. The molecule has 0 bridgehead atoms. The summed E-state index contributed by atoms with van der Waals surface area (Å²) in [4.78, 5) is 0. The third kappa shape index (κ3) is 3.16. The summed E-state index contributed by atoms with van der Waals surface area (Å²) in [5.41, 5.74) is 2.03. The fourth-order valence-corrected chi connectivity index (χ4v) is 1.61. The molecule has 0 amide bonds. The molecule has 100 valence electrons. The van der Waals surface area contributed by atoms with Gasteiger partial charge in [0.1, 0.15) is 5.69 Å². The average molecular weight is 272 g/mol. The van der Waals surface area contributed by atoms with Gasteiger partial charge < -0.3 is 10.1 Å². The molecule has 0 aliphatic carbocycles. The van der Waals surface area contributed by atoms with E-state index in [9.17, 15) is 0 Å². The highest BCUT2D eigenvalue weighted by Gasteiger charge is 2.07. The molecule has 0 unspecified atom stereocenters. The lowest BCUT2D eigenvalue weighted by Gasteiger charge is -2.03. The number of hydrogen-bond donors (Lipinski definition) is 1. The van der Waals surface area contributed by atoms with E-state index in [1.165, 1.54) is 0 Å². The molecule has 0 fully saturated rings. The average Bonchev–Trinajstić information content (AvgIpc) is 2.92. The Morgan fingerprint density at radius 1 is 1.39 bits per heavy atom. The summed E-state index contributed by atoms with van der Waals surface area (Å²) in [5.74, 6) is 0.607. The van der Waals surface area contributed by atoms with Crippen molar-refractivity contribution in [2.75, 3.05) is 12.4 Å². The number of methoxy groups -OCH3 is 1. The number of hydrogen-bond acceptors (Lipinski definition) is 4. The highest BCUT2D eigenvalue weighted by atomic mass is 35.5. The molecule has 0 saturated heterocycles. The zero-order valence-corrected chi connectivity index (χ0v) is 11.6. The lowest BCUT2D eigenvalue weighted by atomic mass is 10.3. The first-order valence-electron chi connectivity index (χ1n) is 5.55. The van der Waals surface area contributed by atoms with Crippen LogP contribution in [0.25, 0.3) is 0 Å². The Labute approximate surface area is 112 Å². The van der Waals surface area contributed by atoms with Crippen molar-refractivity contribution in [2.45, 2.75) is 20.0 Å². The molecule has 0 atom stereocenters. The number of rotatable bonds is 5. The number of nitrogens with one attached hydrogen (secondary N) is 1. The summed E-state index contributed by atoms with van der Waals surface area (Å²) in [6.07, 6.45) is 5.78. The molecular formula is C11H18ClN5O. The number of nitrogens with zero attached hydrogens (tertiary/aromatic N) is 4. The quantitative estimate of drug-likeness (QED) is 0.899. The van der Waals surface area contributed by atoms with E-state index in [1.807, 2.05) is 30.3 Å². The Kier molecular flexibility index (Phi) is 5.03. The van der Waals surface area contributed by atoms with Gasteiger partial charge in [-0.2, -0.15) is 5.10 Å². The van der Waals surface area contributed by atoms with Crippen molar-refractivity contribution in [1.29, 1.82) is 0 Å². The van der Waals surface area contributed by atoms with Crippen LogP contribution in [-0.4, -0.2) is 26.7 Å². The molecule has 2 rings (SSSR count). The molecule has 2 aromatic rings. The van der Waals surface area contributed by atoms with Gasteiger partial charge in [0.15, 0.2) is 0 Å². The van der Waals surface area contributed by atoms with Crippen LogP contribution in [-0.2, 0) is 20.1 Å². The zero-order valence-electron chi connectivity index (χ0n) is 10.8. The molecule has 6 nitrogen and oxygen atoms in total. The van der Waals surface area contributed by atoms with Crippen LogP contribution in [0.4, 0.5) is 5.69 Å². The second-order valence-corrected chi connectivity index (χ2v) is 3.78. The minimum absolute atomic E-state index is 0. The Hall–Kier alpha value is -1.69. The summed E-state index contributed by atoms with van der Waals surface area (Å²) in [6, 6.07) is 0. The van der Waals surface area contributed by atoms with E-state index in [-0.39, 0.29) is 12.4 Å². The van der Waals surface area contributed by atoms with Gasteiger partial charge in [-0.15, -0.1) is 17.5 Å². The summed E-state index contributed by atoms with van der Waals surface area (Å²) in [5, 5.41) is 11.7. The van der Waals surface area contributed by atoms with Crippen molar-refractivity contribution in [1.82, 2.24) is 19.6 Å². The van der Waals surface area contributed by atoms with Gasteiger partial charge in [-0.1, -0.05) is 0 Å². The Balaban J connectivity index is 0.00000162. The van der Waals surface area contributed by atoms with Gasteiger partial charge in [0.05, 0.1) is 19.5 Å². The summed E-state index contributed by atoms with van der Waals surface area (Å²) >= 11 is 0. The maximum Gasteiger partial charge on any atom is 0.256 e. The van der Waals surface area contributed by atoms with Gasteiger partial charge in [0.2, 0.25) is 0 Å². The van der Waals surface area contributed by atoms with E-state index >= 15 is 0 Å². The van der Waals surface area contributed by atoms with Crippen molar-refractivity contribution >= 4 is 18.1 Å². The van der Waals surface area contributed by atoms with Gasteiger partial charge >= 0.3 is 0 Å². The molecule has 18 heavy (non-hydrogen) atoms. The van der Waals surface area contributed by atoms with E-state index in [0.717, 1.165) is 17.8 Å². The fourth-order valence-electron chi connectivity index (χ4n) is 1.61. The van der Waals surface area contributed by atoms with Crippen LogP contribution in [0.5, 0.6) is 5.88 Å². The molecule has 0 aromatic carbocycles. The van der Waals surface area contributed by atoms with Crippen molar-refractivity contribution < 1.29 is 4.74 Å². The normalized spacial score (nSPS) is 9.94. The SMILES string of the molecule is CCn1cc(CNc2cn(C)nc2OC)cn1.Cl. The maximum atomic E-state index is 5.17. The van der Waals surface area contributed by atoms with Crippen molar-refractivity contribution in [3.05, 3.63) is 24.2 Å². The highest BCUT2D eigenvalue weighted by molar-refractivity contribution is 5.85. The van der Waals surface area contributed by atoms with Crippen LogP contribution in [0.3, 0.4) is 0 Å². The monoisotopic (exact) mass is 271 g/mol. The van der Waals surface area contributed by atoms with Gasteiger partial charge in [0, 0.05) is 31.9 Å². The third-order valence-corrected chi connectivity index (χ3v) is 2.48. The van der Waals surface area contributed by atoms with Crippen molar-refractivity contribution in [3.8, 4) is 5.88 Å². The first-order valence-corrected chi connectivity index (χ1v) is 5.55. The predicted octanol–water partition coefficient (Wildman–Crippen LogP) is 1.68. The predicted molar refractivity (Wildman–Crippen MR) is 72.2 cm³/mol. The molecule has 0 aliphatic rings. The van der Waals surface area contributed by atoms with Gasteiger partial charge in [-0.3, -0.25) is 9.36 Å². The Bertz CT molecular complexity index is 493. The Morgan fingerprint density at radius 2 is 2.17 bits per heavy atom. The summed E-state index contributed by atoms with van der Waals surface area (Å²) in [6.45, 7) is 3.66. The molecule has 7 heteroatoms. The summed E-state index contributed by atoms with van der Waals surface area (Å²) < 4.78 is 8.78. The molecule has 0 spiro atoms. The molecule has 0 saturated carbocycles. The largest absolute Gasteiger partial charge is 0.478 e. The lowest BCUT2D eigenvalue weighted by Crippen LogP contribution is -1.99. The number of ether oxygens (including phenoxy) is 1. The number of aryl methyl sites for hydroxylation is 2. The van der Waals surface area contributed by atoms with Gasteiger partial charge in [-0.25, -0.2) is 0 Å². The van der Waals surface area contributed by atoms with Crippen LogP contribution in [0.1, 0.15) is 12.5 Å². The zero-order chi connectivity index (χ0) is 12.3. The van der Waals surface area contributed by atoms with Crippen LogP contribution in [0.2, 0.25) is 0 Å². The number of anilines is 1. The van der Waals surface area contributed by atoms with E-state index in [4.69, 9.17) is 4.74 Å². The van der Waals surface area contributed by atoms with Crippen LogP contribution in [0.15, 0.2) is 18.6 Å². The van der Waals surface area contributed by atoms with E-state index < -0.39 is 0 Å². The lowest BCUT2D eigenvalue weighted by molar-refractivity contribution is 0.393. The second kappa shape index (κ2) is 6.30. The third-order valence-electron chi connectivity index (χ3n) is 2.48. The number of halogens is 1. The van der Waals surface area contributed by atoms with Gasteiger partial charge in [0.25, 0.3) is 5.88 Å². The minimum Gasteiger partial charge on any atom is -0.478 e. The van der Waals surface area contributed by atoms with Crippen LogP contribution >= 0.6 is 12.4 Å². The van der Waals surface area contributed by atoms with Crippen LogP contribution < -0.4 is 10.1 Å². The Morgan fingerprint density at radius 3 is 2.78 bits per heavy atom. The second-order valence-electron chi connectivity index (χ2n) is 3.78. The first kappa shape index (κ1) is 14.4. The van der Waals surface area contributed by atoms with E-state index in [0.29, 0.717) is 12.4 Å².